The first-order valence-corrected chi connectivity index (χ1v) is 9.30. The number of piperidine rings is 1. The van der Waals surface area contributed by atoms with E-state index in [-0.39, 0.29) is 0 Å². The lowest BCUT2D eigenvalue weighted by Gasteiger charge is -2.37. The maximum Gasteiger partial charge on any atom is 0.0991 e. The van der Waals surface area contributed by atoms with Crippen LogP contribution in [-0.2, 0) is 4.74 Å². The fourth-order valence-electron chi connectivity index (χ4n) is 3.87. The molecule has 0 amide bonds. The molecule has 0 aliphatic carbocycles. The van der Waals surface area contributed by atoms with Crippen LogP contribution in [0.5, 0.6) is 0 Å². The first-order valence-electron chi connectivity index (χ1n) is 9.30. The number of benzene rings is 1. The van der Waals surface area contributed by atoms with E-state index in [1.165, 1.54) is 44.5 Å². The Bertz CT molecular complexity index is 537. The van der Waals surface area contributed by atoms with Gasteiger partial charge in [-0.1, -0.05) is 12.1 Å². The smallest absolute Gasteiger partial charge is 0.0991 e. The van der Waals surface area contributed by atoms with Crippen molar-refractivity contribution in [3.05, 3.63) is 35.4 Å². The van der Waals surface area contributed by atoms with Gasteiger partial charge in [0.2, 0.25) is 0 Å². The van der Waals surface area contributed by atoms with E-state index >= 15 is 0 Å². The van der Waals surface area contributed by atoms with Gasteiger partial charge in [-0.2, -0.15) is 5.26 Å². The summed E-state index contributed by atoms with van der Waals surface area (Å²) in [5, 5.41) is 8.92. The van der Waals surface area contributed by atoms with Gasteiger partial charge in [0.25, 0.3) is 0 Å². The monoisotopic (exact) mass is 327 g/mol. The van der Waals surface area contributed by atoms with Crippen LogP contribution in [0.2, 0.25) is 0 Å². The fraction of sp³-hybridized carbons (Fsp3) is 0.650. The second-order valence-corrected chi connectivity index (χ2v) is 7.13. The highest BCUT2D eigenvalue weighted by Gasteiger charge is 2.24. The molecule has 2 heterocycles. The third kappa shape index (κ3) is 4.57. The summed E-state index contributed by atoms with van der Waals surface area (Å²) in [5.41, 5.74) is 2.06. The standard InChI is InChI=1S/C20H29N3O/c1-17(20-4-2-19(16-21)3-5-20)23-10-7-18(8-11-23)6-9-22-12-14-24-15-13-22/h2-5,17-18H,6-15H2,1H3. The Balaban J connectivity index is 1.43. The molecule has 24 heavy (non-hydrogen) atoms. The summed E-state index contributed by atoms with van der Waals surface area (Å²) in [6, 6.07) is 10.7. The van der Waals surface area contributed by atoms with Gasteiger partial charge in [-0.25, -0.2) is 0 Å². The van der Waals surface area contributed by atoms with Crippen LogP contribution in [0.15, 0.2) is 24.3 Å². The lowest BCUT2D eigenvalue weighted by Crippen LogP contribution is -2.39. The van der Waals surface area contributed by atoms with Crippen molar-refractivity contribution >= 4 is 0 Å². The van der Waals surface area contributed by atoms with E-state index in [2.05, 4.69) is 34.9 Å². The van der Waals surface area contributed by atoms with Crippen molar-refractivity contribution < 1.29 is 4.74 Å². The van der Waals surface area contributed by atoms with Crippen LogP contribution < -0.4 is 0 Å². The summed E-state index contributed by atoms with van der Waals surface area (Å²) in [6.45, 7) is 9.92. The Morgan fingerprint density at radius 2 is 1.79 bits per heavy atom. The molecule has 0 bridgehead atoms. The van der Waals surface area contributed by atoms with Gasteiger partial charge in [0.15, 0.2) is 0 Å². The lowest BCUT2D eigenvalue weighted by atomic mass is 9.91. The maximum absolute atomic E-state index is 8.92. The summed E-state index contributed by atoms with van der Waals surface area (Å²) in [7, 11) is 0. The number of nitriles is 1. The minimum atomic E-state index is 0.443. The molecule has 2 saturated heterocycles. The van der Waals surface area contributed by atoms with Gasteiger partial charge in [0.05, 0.1) is 24.8 Å². The molecule has 0 aromatic heterocycles. The first-order chi connectivity index (χ1) is 11.8. The lowest BCUT2D eigenvalue weighted by molar-refractivity contribution is 0.0329. The predicted molar refractivity (Wildman–Crippen MR) is 95.7 cm³/mol. The molecule has 2 fully saturated rings. The fourth-order valence-corrected chi connectivity index (χ4v) is 3.87. The Morgan fingerprint density at radius 3 is 2.42 bits per heavy atom. The van der Waals surface area contributed by atoms with Gasteiger partial charge >= 0.3 is 0 Å². The highest BCUT2D eigenvalue weighted by atomic mass is 16.5. The van der Waals surface area contributed by atoms with E-state index in [0.717, 1.165) is 37.8 Å². The zero-order chi connectivity index (χ0) is 16.8. The van der Waals surface area contributed by atoms with Crippen molar-refractivity contribution in [1.82, 2.24) is 9.80 Å². The molecular weight excluding hydrogens is 298 g/mol. The molecule has 1 aromatic rings. The van der Waals surface area contributed by atoms with Crippen LogP contribution in [0.1, 0.15) is 43.4 Å². The van der Waals surface area contributed by atoms with Crippen molar-refractivity contribution in [2.45, 2.75) is 32.2 Å². The summed E-state index contributed by atoms with van der Waals surface area (Å²) in [5.74, 6) is 0.872. The highest BCUT2D eigenvalue weighted by Crippen LogP contribution is 2.28. The van der Waals surface area contributed by atoms with Gasteiger partial charge in [-0.15, -0.1) is 0 Å². The molecule has 3 rings (SSSR count). The van der Waals surface area contributed by atoms with E-state index in [9.17, 15) is 0 Å². The molecule has 2 aliphatic heterocycles. The SMILES string of the molecule is CC(c1ccc(C#N)cc1)N1CCC(CCN2CCOCC2)CC1. The molecule has 4 nitrogen and oxygen atoms in total. The van der Waals surface area contributed by atoms with Crippen molar-refractivity contribution in [2.75, 3.05) is 45.9 Å². The van der Waals surface area contributed by atoms with Gasteiger partial charge in [-0.05, 0) is 69.4 Å². The summed E-state index contributed by atoms with van der Waals surface area (Å²) in [4.78, 5) is 5.14. The van der Waals surface area contributed by atoms with E-state index in [0.29, 0.717) is 6.04 Å². The Labute approximate surface area is 146 Å². The zero-order valence-electron chi connectivity index (χ0n) is 14.8. The van der Waals surface area contributed by atoms with Crippen molar-refractivity contribution in [3.8, 4) is 6.07 Å². The Hall–Kier alpha value is -1.41. The second kappa shape index (κ2) is 8.62. The zero-order valence-corrected chi connectivity index (χ0v) is 14.8. The normalized spacial score (nSPS) is 22.2. The van der Waals surface area contributed by atoms with Crippen LogP contribution in [0.3, 0.4) is 0 Å². The Morgan fingerprint density at radius 1 is 1.12 bits per heavy atom. The van der Waals surface area contributed by atoms with Crippen molar-refractivity contribution in [1.29, 1.82) is 5.26 Å². The number of ether oxygens (including phenoxy) is 1. The summed E-state index contributed by atoms with van der Waals surface area (Å²) < 4.78 is 5.42. The number of nitrogens with zero attached hydrogens (tertiary/aromatic N) is 3. The Kier molecular flexibility index (Phi) is 6.25. The van der Waals surface area contributed by atoms with Gasteiger partial charge < -0.3 is 4.74 Å². The van der Waals surface area contributed by atoms with Crippen molar-refractivity contribution in [2.24, 2.45) is 5.92 Å². The van der Waals surface area contributed by atoms with Crippen LogP contribution in [0.25, 0.3) is 0 Å². The molecule has 130 valence electrons. The van der Waals surface area contributed by atoms with E-state index in [1.807, 2.05) is 12.1 Å². The molecule has 1 atom stereocenters. The van der Waals surface area contributed by atoms with Crippen molar-refractivity contribution in [3.63, 3.8) is 0 Å². The highest BCUT2D eigenvalue weighted by molar-refractivity contribution is 5.32. The minimum absolute atomic E-state index is 0.443. The van der Waals surface area contributed by atoms with Crippen LogP contribution in [-0.4, -0.2) is 55.7 Å². The molecule has 1 aromatic carbocycles. The summed E-state index contributed by atoms with van der Waals surface area (Å²) >= 11 is 0. The topological polar surface area (TPSA) is 39.5 Å². The number of hydrogen-bond donors (Lipinski definition) is 0. The maximum atomic E-state index is 8.92. The molecule has 4 heteroatoms. The molecule has 0 radical (unpaired) electrons. The molecule has 0 N–H and O–H groups in total. The number of likely N-dealkylation sites (tertiary alicyclic amines) is 1. The van der Waals surface area contributed by atoms with Gasteiger partial charge in [0, 0.05) is 19.1 Å². The van der Waals surface area contributed by atoms with E-state index in [1.54, 1.807) is 0 Å². The van der Waals surface area contributed by atoms with Crippen LogP contribution in [0.4, 0.5) is 0 Å². The molecule has 0 spiro atoms. The molecule has 0 saturated carbocycles. The van der Waals surface area contributed by atoms with Gasteiger partial charge in [-0.3, -0.25) is 9.80 Å². The second-order valence-electron chi connectivity index (χ2n) is 7.13. The number of rotatable bonds is 5. The number of morpholine rings is 1. The third-order valence-corrected chi connectivity index (χ3v) is 5.68. The average molecular weight is 327 g/mol. The predicted octanol–water partition coefficient (Wildman–Crippen LogP) is 3.05. The summed E-state index contributed by atoms with van der Waals surface area (Å²) in [6.07, 6.45) is 3.95. The minimum Gasteiger partial charge on any atom is -0.379 e. The molecule has 2 aliphatic rings. The van der Waals surface area contributed by atoms with E-state index in [4.69, 9.17) is 10.00 Å². The van der Waals surface area contributed by atoms with E-state index < -0.39 is 0 Å². The average Bonchev–Trinajstić information content (AvgIpc) is 2.67. The quantitative estimate of drug-likeness (QED) is 0.833. The third-order valence-electron chi connectivity index (χ3n) is 5.68. The van der Waals surface area contributed by atoms with Crippen LogP contribution in [0, 0.1) is 17.2 Å². The first kappa shape index (κ1) is 17.4. The van der Waals surface area contributed by atoms with Crippen LogP contribution >= 0.6 is 0 Å². The molecule has 1 unspecified atom stereocenters. The number of hydrogen-bond acceptors (Lipinski definition) is 4. The van der Waals surface area contributed by atoms with Gasteiger partial charge in [0.1, 0.15) is 0 Å². The molecular formula is C20H29N3O. The largest absolute Gasteiger partial charge is 0.379 e.